The molecule has 196 valence electrons. The van der Waals surface area contributed by atoms with Crippen LogP contribution in [-0.4, -0.2) is 35.9 Å². The van der Waals surface area contributed by atoms with Crippen LogP contribution < -0.4 is 21.3 Å². The van der Waals surface area contributed by atoms with E-state index < -0.39 is 30.0 Å². The molecule has 0 unspecified atom stereocenters. The maximum atomic E-state index is 13.3. The van der Waals surface area contributed by atoms with Crippen LogP contribution in [0.4, 0.5) is 4.79 Å². The topological polar surface area (TPSA) is 126 Å². The fourth-order valence-electron chi connectivity index (χ4n) is 3.85. The molecular weight excluding hydrogens is 472 g/mol. The summed E-state index contributed by atoms with van der Waals surface area (Å²) in [5.74, 6) is -0.904. The van der Waals surface area contributed by atoms with Crippen LogP contribution in [0.1, 0.15) is 44.2 Å². The fourth-order valence-corrected chi connectivity index (χ4v) is 3.85. The maximum absolute atomic E-state index is 13.3. The Morgan fingerprint density at radius 3 is 2.11 bits per heavy atom. The Kier molecular flexibility index (Phi) is 10.3. The van der Waals surface area contributed by atoms with Crippen molar-refractivity contribution in [3.8, 4) is 0 Å². The van der Waals surface area contributed by atoms with E-state index in [4.69, 9.17) is 4.74 Å². The lowest BCUT2D eigenvalue weighted by Gasteiger charge is -2.25. The van der Waals surface area contributed by atoms with Gasteiger partial charge in [-0.25, -0.2) is 4.79 Å². The minimum absolute atomic E-state index is 0.0768. The van der Waals surface area contributed by atoms with Gasteiger partial charge in [-0.2, -0.15) is 0 Å². The van der Waals surface area contributed by atoms with Crippen molar-refractivity contribution in [1.29, 1.82) is 0 Å². The van der Waals surface area contributed by atoms with Gasteiger partial charge in [0.25, 0.3) is 0 Å². The standard InChI is InChI=1S/C28H34N4O5/c1-19(2)15-23(32-28(36)37-18-21-11-7-4-8-12-21)27(35)31-24(16-20-9-5-3-6-10-20)26(34)30-22-13-14-25(33)29-17-22/h3-12,17,19,23-24H,13-16,18H2,1-2H3,(H,29,33)(H,30,34)(H,31,35)(H,32,36)/t23-,24-/m0/s1. The third-order valence-corrected chi connectivity index (χ3v) is 5.76. The third kappa shape index (κ3) is 9.44. The zero-order chi connectivity index (χ0) is 26.6. The minimum Gasteiger partial charge on any atom is -0.445 e. The van der Waals surface area contributed by atoms with Crippen LogP contribution in [0, 0.1) is 5.92 Å². The van der Waals surface area contributed by atoms with Gasteiger partial charge in [0.1, 0.15) is 18.7 Å². The number of carbonyl (C=O) groups excluding carboxylic acids is 4. The highest BCUT2D eigenvalue weighted by atomic mass is 16.5. The summed E-state index contributed by atoms with van der Waals surface area (Å²) >= 11 is 0. The third-order valence-electron chi connectivity index (χ3n) is 5.76. The summed E-state index contributed by atoms with van der Waals surface area (Å²) < 4.78 is 5.30. The summed E-state index contributed by atoms with van der Waals surface area (Å²) in [6.07, 6.45) is 2.05. The summed E-state index contributed by atoms with van der Waals surface area (Å²) in [6, 6.07) is 16.8. The van der Waals surface area contributed by atoms with Crippen molar-refractivity contribution in [2.45, 2.75) is 58.2 Å². The maximum Gasteiger partial charge on any atom is 0.408 e. The number of allylic oxidation sites excluding steroid dienone is 1. The van der Waals surface area contributed by atoms with E-state index in [1.165, 1.54) is 6.20 Å². The molecule has 9 nitrogen and oxygen atoms in total. The fraction of sp³-hybridized carbons (Fsp3) is 0.357. The first-order valence-electron chi connectivity index (χ1n) is 12.4. The number of ether oxygens (including phenoxy) is 1. The van der Waals surface area contributed by atoms with Gasteiger partial charge in [0.15, 0.2) is 0 Å². The molecule has 0 aromatic heterocycles. The van der Waals surface area contributed by atoms with Crippen LogP contribution in [-0.2, 0) is 32.1 Å². The minimum atomic E-state index is -0.898. The zero-order valence-corrected chi connectivity index (χ0v) is 21.2. The Labute approximate surface area is 217 Å². The zero-order valence-electron chi connectivity index (χ0n) is 21.2. The van der Waals surface area contributed by atoms with Gasteiger partial charge >= 0.3 is 6.09 Å². The van der Waals surface area contributed by atoms with Crippen molar-refractivity contribution in [2.75, 3.05) is 0 Å². The van der Waals surface area contributed by atoms with E-state index >= 15 is 0 Å². The number of hydrogen-bond acceptors (Lipinski definition) is 5. The molecule has 0 saturated carbocycles. The first-order chi connectivity index (χ1) is 17.8. The molecule has 4 N–H and O–H groups in total. The SMILES string of the molecule is CC(C)C[C@H](NC(=O)OCc1ccccc1)C(=O)N[C@@H](Cc1ccccc1)C(=O)NC1=CNC(=O)CC1. The van der Waals surface area contributed by atoms with Crippen molar-refractivity contribution in [1.82, 2.24) is 21.3 Å². The van der Waals surface area contributed by atoms with E-state index in [2.05, 4.69) is 21.3 Å². The largest absolute Gasteiger partial charge is 0.445 e. The van der Waals surface area contributed by atoms with Gasteiger partial charge in [-0.15, -0.1) is 0 Å². The van der Waals surface area contributed by atoms with Crippen molar-refractivity contribution in [3.63, 3.8) is 0 Å². The molecule has 0 aliphatic carbocycles. The van der Waals surface area contributed by atoms with Gasteiger partial charge in [0.05, 0.1) is 0 Å². The Morgan fingerprint density at radius 1 is 0.865 bits per heavy atom. The number of hydrogen-bond donors (Lipinski definition) is 4. The second-order valence-corrected chi connectivity index (χ2v) is 9.37. The lowest BCUT2D eigenvalue weighted by molar-refractivity contribution is -0.130. The molecule has 0 bridgehead atoms. The predicted octanol–water partition coefficient (Wildman–Crippen LogP) is 2.92. The number of nitrogens with one attached hydrogen (secondary N) is 4. The summed E-state index contributed by atoms with van der Waals surface area (Å²) in [6.45, 7) is 3.96. The van der Waals surface area contributed by atoms with Crippen molar-refractivity contribution in [2.24, 2.45) is 5.92 Å². The molecule has 2 atom stereocenters. The highest BCUT2D eigenvalue weighted by Gasteiger charge is 2.28. The first kappa shape index (κ1) is 27.4. The average Bonchev–Trinajstić information content (AvgIpc) is 2.89. The van der Waals surface area contributed by atoms with Crippen LogP contribution in [0.25, 0.3) is 0 Å². The van der Waals surface area contributed by atoms with Crippen LogP contribution in [0.3, 0.4) is 0 Å². The molecule has 1 aliphatic rings. The summed E-state index contributed by atoms with van der Waals surface area (Å²) in [7, 11) is 0. The summed E-state index contributed by atoms with van der Waals surface area (Å²) in [5, 5.41) is 10.9. The van der Waals surface area contributed by atoms with Gasteiger partial charge in [-0.3, -0.25) is 14.4 Å². The van der Waals surface area contributed by atoms with Crippen molar-refractivity contribution in [3.05, 3.63) is 83.7 Å². The van der Waals surface area contributed by atoms with Gasteiger partial charge in [-0.1, -0.05) is 74.5 Å². The van der Waals surface area contributed by atoms with E-state index in [1.54, 1.807) is 0 Å². The molecule has 0 radical (unpaired) electrons. The van der Waals surface area contributed by atoms with Crippen LogP contribution in [0.15, 0.2) is 72.6 Å². The molecule has 9 heteroatoms. The monoisotopic (exact) mass is 506 g/mol. The van der Waals surface area contributed by atoms with E-state index in [-0.39, 0.29) is 31.3 Å². The number of carbonyl (C=O) groups is 4. The number of rotatable bonds is 11. The normalized spacial score (nSPS) is 14.6. The first-order valence-corrected chi connectivity index (χ1v) is 12.4. The lowest BCUT2D eigenvalue weighted by atomic mass is 10.0. The highest BCUT2D eigenvalue weighted by molar-refractivity contribution is 5.92. The Bertz CT molecular complexity index is 1100. The van der Waals surface area contributed by atoms with E-state index in [9.17, 15) is 19.2 Å². The Balaban J connectivity index is 1.68. The molecule has 3 rings (SSSR count). The summed E-state index contributed by atoms with van der Waals surface area (Å²) in [4.78, 5) is 50.4. The van der Waals surface area contributed by atoms with Crippen molar-refractivity contribution < 1.29 is 23.9 Å². The second kappa shape index (κ2) is 13.8. The second-order valence-electron chi connectivity index (χ2n) is 9.37. The predicted molar refractivity (Wildman–Crippen MR) is 139 cm³/mol. The molecule has 37 heavy (non-hydrogen) atoms. The van der Waals surface area contributed by atoms with Crippen molar-refractivity contribution >= 4 is 23.8 Å². The van der Waals surface area contributed by atoms with E-state index in [1.807, 2.05) is 74.5 Å². The molecule has 2 aromatic rings. The summed E-state index contributed by atoms with van der Waals surface area (Å²) in [5.41, 5.74) is 2.26. The van der Waals surface area contributed by atoms with E-state index in [0.29, 0.717) is 18.5 Å². The quantitative estimate of drug-likeness (QED) is 0.373. The average molecular weight is 507 g/mol. The van der Waals surface area contributed by atoms with Gasteiger partial charge in [-0.05, 0) is 29.9 Å². The molecule has 0 saturated heterocycles. The lowest BCUT2D eigenvalue weighted by Crippen LogP contribution is -2.54. The van der Waals surface area contributed by atoms with Crippen LogP contribution in [0.5, 0.6) is 0 Å². The molecule has 1 heterocycles. The molecule has 0 spiro atoms. The van der Waals surface area contributed by atoms with Crippen LogP contribution >= 0.6 is 0 Å². The molecule has 2 aromatic carbocycles. The number of alkyl carbamates (subject to hydrolysis) is 1. The Morgan fingerprint density at radius 2 is 1.51 bits per heavy atom. The van der Waals surface area contributed by atoms with Gasteiger partial charge < -0.3 is 26.0 Å². The van der Waals surface area contributed by atoms with Gasteiger partial charge in [0, 0.05) is 24.7 Å². The molecule has 1 aliphatic heterocycles. The number of amides is 4. The molecule has 4 amide bonds. The van der Waals surface area contributed by atoms with Gasteiger partial charge in [0.2, 0.25) is 17.7 Å². The van der Waals surface area contributed by atoms with E-state index in [0.717, 1.165) is 11.1 Å². The smallest absolute Gasteiger partial charge is 0.408 e. The Hall–Kier alpha value is -4.14. The number of benzene rings is 2. The molecular formula is C28H34N4O5. The molecule has 0 fully saturated rings. The highest BCUT2D eigenvalue weighted by Crippen LogP contribution is 2.11. The van der Waals surface area contributed by atoms with Crippen LogP contribution in [0.2, 0.25) is 0 Å².